The Morgan fingerprint density at radius 1 is 1.48 bits per heavy atom. The Labute approximate surface area is 134 Å². The maximum absolute atomic E-state index is 11.8. The van der Waals surface area contributed by atoms with E-state index < -0.39 is 0 Å². The minimum atomic E-state index is -0.174. The van der Waals surface area contributed by atoms with Crippen molar-refractivity contribution in [3.63, 3.8) is 0 Å². The zero-order valence-corrected chi connectivity index (χ0v) is 13.4. The number of hydrazone groups is 1. The summed E-state index contributed by atoms with van der Waals surface area (Å²) >= 11 is 0. The lowest BCUT2D eigenvalue weighted by Gasteiger charge is -2.03. The van der Waals surface area contributed by atoms with Gasteiger partial charge in [0.25, 0.3) is 0 Å². The summed E-state index contributed by atoms with van der Waals surface area (Å²) in [4.78, 5) is 11.8. The first-order chi connectivity index (χ1) is 11.0. The van der Waals surface area contributed by atoms with Gasteiger partial charge in [-0.15, -0.1) is 0 Å². The van der Waals surface area contributed by atoms with Crippen LogP contribution >= 0.6 is 0 Å². The van der Waals surface area contributed by atoms with E-state index in [1.54, 1.807) is 12.1 Å². The van der Waals surface area contributed by atoms with Gasteiger partial charge in [-0.05, 0) is 49.6 Å². The van der Waals surface area contributed by atoms with E-state index >= 15 is 0 Å². The highest BCUT2D eigenvalue weighted by atomic mass is 16.5. The van der Waals surface area contributed by atoms with Gasteiger partial charge < -0.3 is 9.84 Å². The fraction of sp³-hybridized carbons (Fsp3) is 0.312. The van der Waals surface area contributed by atoms with Crippen LogP contribution in [0.25, 0.3) is 0 Å². The molecule has 0 radical (unpaired) electrons. The molecule has 0 fully saturated rings. The van der Waals surface area contributed by atoms with E-state index in [0.29, 0.717) is 24.2 Å². The fourth-order valence-electron chi connectivity index (χ4n) is 2.19. The van der Waals surface area contributed by atoms with Gasteiger partial charge in [0.05, 0.1) is 19.0 Å². The van der Waals surface area contributed by atoms with Crippen LogP contribution in [0.2, 0.25) is 0 Å². The number of aryl methyl sites for hydroxylation is 2. The number of methoxy groups -OCH3 is 1. The Kier molecular flexibility index (Phi) is 5.35. The molecule has 0 aliphatic carbocycles. The van der Waals surface area contributed by atoms with Crippen molar-refractivity contribution in [2.45, 2.75) is 26.7 Å². The molecule has 3 N–H and O–H groups in total. The fourth-order valence-corrected chi connectivity index (χ4v) is 2.19. The summed E-state index contributed by atoms with van der Waals surface area (Å²) in [6, 6.07) is 4.81. The van der Waals surface area contributed by atoms with Crippen molar-refractivity contribution < 1.29 is 14.6 Å². The molecule has 0 aliphatic rings. The standard InChI is InChI=1S/C16H20N4O3/c1-10-13(11(2)19-18-10)5-7-16(22)20-17-9-12-4-6-14(21)15(8-12)23-3/h4,6,8-9,21H,5,7H2,1-3H3,(H,18,19)(H,20,22)/b17-9-. The summed E-state index contributed by atoms with van der Waals surface area (Å²) < 4.78 is 5.01. The molecule has 1 amide bonds. The molecule has 23 heavy (non-hydrogen) atoms. The number of hydrogen-bond donors (Lipinski definition) is 3. The maximum Gasteiger partial charge on any atom is 0.240 e. The summed E-state index contributed by atoms with van der Waals surface area (Å²) in [6.07, 6.45) is 2.44. The number of rotatable bonds is 6. The highest BCUT2D eigenvalue weighted by molar-refractivity contribution is 5.83. The molecule has 2 aromatic rings. The third-order valence-electron chi connectivity index (χ3n) is 3.49. The number of aromatic amines is 1. The van der Waals surface area contributed by atoms with Gasteiger partial charge in [-0.25, -0.2) is 5.43 Å². The Bertz CT molecular complexity index is 703. The van der Waals surface area contributed by atoms with Crippen molar-refractivity contribution in [1.82, 2.24) is 15.6 Å². The van der Waals surface area contributed by atoms with Crippen LogP contribution in [0, 0.1) is 13.8 Å². The number of H-pyrrole nitrogens is 1. The second kappa shape index (κ2) is 7.44. The zero-order valence-electron chi connectivity index (χ0n) is 13.4. The van der Waals surface area contributed by atoms with Crippen molar-refractivity contribution >= 4 is 12.1 Å². The first kappa shape index (κ1) is 16.5. The number of hydrogen-bond acceptors (Lipinski definition) is 5. The van der Waals surface area contributed by atoms with Gasteiger partial charge in [-0.1, -0.05) is 0 Å². The Balaban J connectivity index is 1.86. The third kappa shape index (κ3) is 4.32. The molecule has 7 nitrogen and oxygen atoms in total. The van der Waals surface area contributed by atoms with Gasteiger partial charge in [0.1, 0.15) is 0 Å². The molecular weight excluding hydrogens is 296 g/mol. The first-order valence-corrected chi connectivity index (χ1v) is 7.20. The lowest BCUT2D eigenvalue weighted by Crippen LogP contribution is -2.18. The van der Waals surface area contributed by atoms with E-state index in [1.807, 2.05) is 13.8 Å². The number of aromatic nitrogens is 2. The summed E-state index contributed by atoms with van der Waals surface area (Å²) in [5, 5.41) is 20.4. The number of phenolic OH excluding ortho intramolecular Hbond substituents is 1. The quantitative estimate of drug-likeness (QED) is 0.559. The van der Waals surface area contributed by atoms with E-state index in [-0.39, 0.29) is 11.7 Å². The van der Waals surface area contributed by atoms with E-state index in [2.05, 4.69) is 20.7 Å². The summed E-state index contributed by atoms with van der Waals surface area (Å²) in [6.45, 7) is 3.84. The number of phenols is 1. The number of benzene rings is 1. The van der Waals surface area contributed by atoms with Crippen LogP contribution in [-0.4, -0.2) is 34.5 Å². The van der Waals surface area contributed by atoms with Gasteiger partial charge in [0.15, 0.2) is 11.5 Å². The van der Waals surface area contributed by atoms with Crippen LogP contribution in [-0.2, 0) is 11.2 Å². The minimum absolute atomic E-state index is 0.0551. The van der Waals surface area contributed by atoms with Crippen LogP contribution in [0.15, 0.2) is 23.3 Å². The third-order valence-corrected chi connectivity index (χ3v) is 3.49. The number of carbonyl (C=O) groups excluding carboxylic acids is 1. The zero-order chi connectivity index (χ0) is 16.8. The Hall–Kier alpha value is -2.83. The number of nitrogens with zero attached hydrogens (tertiary/aromatic N) is 2. The summed E-state index contributed by atoms with van der Waals surface area (Å²) in [7, 11) is 1.47. The van der Waals surface area contributed by atoms with E-state index in [9.17, 15) is 9.90 Å². The smallest absolute Gasteiger partial charge is 0.240 e. The molecule has 1 aromatic heterocycles. The molecule has 1 heterocycles. The van der Waals surface area contributed by atoms with Crippen molar-refractivity contribution in [1.29, 1.82) is 0 Å². The average Bonchev–Trinajstić information content (AvgIpc) is 2.85. The van der Waals surface area contributed by atoms with E-state index in [1.165, 1.54) is 19.4 Å². The molecule has 122 valence electrons. The van der Waals surface area contributed by atoms with E-state index in [0.717, 1.165) is 17.0 Å². The summed E-state index contributed by atoms with van der Waals surface area (Å²) in [5.74, 6) is 0.234. The predicted octanol–water partition coefficient (Wildman–Crippen LogP) is 1.82. The predicted molar refractivity (Wildman–Crippen MR) is 86.8 cm³/mol. The number of carbonyl (C=O) groups is 1. The molecule has 0 aliphatic heterocycles. The molecule has 1 aromatic carbocycles. The number of nitrogens with one attached hydrogen (secondary N) is 2. The van der Waals surface area contributed by atoms with Crippen molar-refractivity contribution in [3.05, 3.63) is 40.7 Å². The molecule has 0 saturated heterocycles. The van der Waals surface area contributed by atoms with Crippen LogP contribution in [0.3, 0.4) is 0 Å². The van der Waals surface area contributed by atoms with Crippen LogP contribution in [0.4, 0.5) is 0 Å². The number of ether oxygens (including phenoxy) is 1. The van der Waals surface area contributed by atoms with Gasteiger partial charge in [-0.3, -0.25) is 9.89 Å². The SMILES string of the molecule is COc1cc(/C=N\NC(=O)CCc2c(C)n[nH]c2C)ccc1O. The summed E-state index contributed by atoms with van der Waals surface area (Å²) in [5.41, 5.74) is 6.15. The molecule has 7 heteroatoms. The maximum atomic E-state index is 11.8. The number of amides is 1. The highest BCUT2D eigenvalue weighted by Crippen LogP contribution is 2.25. The molecule has 0 spiro atoms. The van der Waals surface area contributed by atoms with Gasteiger partial charge in [-0.2, -0.15) is 10.2 Å². The molecule has 2 rings (SSSR count). The van der Waals surface area contributed by atoms with Gasteiger partial charge in [0.2, 0.25) is 5.91 Å². The lowest BCUT2D eigenvalue weighted by atomic mass is 10.1. The van der Waals surface area contributed by atoms with Gasteiger partial charge in [0, 0.05) is 12.1 Å². The first-order valence-electron chi connectivity index (χ1n) is 7.20. The van der Waals surface area contributed by atoms with Gasteiger partial charge >= 0.3 is 0 Å². The molecule has 0 atom stereocenters. The highest BCUT2D eigenvalue weighted by Gasteiger charge is 2.08. The lowest BCUT2D eigenvalue weighted by molar-refractivity contribution is -0.121. The minimum Gasteiger partial charge on any atom is -0.504 e. The second-order valence-electron chi connectivity index (χ2n) is 5.14. The number of aromatic hydroxyl groups is 1. The van der Waals surface area contributed by atoms with Crippen LogP contribution in [0.1, 0.15) is 28.9 Å². The monoisotopic (exact) mass is 316 g/mol. The van der Waals surface area contributed by atoms with E-state index in [4.69, 9.17) is 4.74 Å². The normalized spacial score (nSPS) is 10.9. The molecule has 0 unspecified atom stereocenters. The van der Waals surface area contributed by atoms with Crippen LogP contribution < -0.4 is 10.2 Å². The van der Waals surface area contributed by atoms with Crippen molar-refractivity contribution in [3.8, 4) is 11.5 Å². The molecule has 0 saturated carbocycles. The van der Waals surface area contributed by atoms with Crippen LogP contribution in [0.5, 0.6) is 11.5 Å². The Morgan fingerprint density at radius 3 is 2.91 bits per heavy atom. The molecule has 0 bridgehead atoms. The van der Waals surface area contributed by atoms with Crippen molar-refractivity contribution in [2.75, 3.05) is 7.11 Å². The average molecular weight is 316 g/mol. The topological polar surface area (TPSA) is 99.6 Å². The Morgan fingerprint density at radius 2 is 2.26 bits per heavy atom. The van der Waals surface area contributed by atoms with Crippen molar-refractivity contribution in [2.24, 2.45) is 5.10 Å². The second-order valence-corrected chi connectivity index (χ2v) is 5.14. The largest absolute Gasteiger partial charge is 0.504 e. The molecular formula is C16H20N4O3.